The van der Waals surface area contributed by atoms with Crippen molar-refractivity contribution in [3.63, 3.8) is 0 Å². The zero-order valence-electron chi connectivity index (χ0n) is 8.11. The molecular weight excluding hydrogens is 174 g/mol. The third-order valence-electron chi connectivity index (χ3n) is 2.62. The van der Waals surface area contributed by atoms with E-state index in [-0.39, 0.29) is 6.04 Å². The summed E-state index contributed by atoms with van der Waals surface area (Å²) in [5.74, 6) is 0.325. The van der Waals surface area contributed by atoms with Gasteiger partial charge in [-0.2, -0.15) is 0 Å². The third-order valence-corrected chi connectivity index (χ3v) is 2.62. The fraction of sp³-hybridized carbons (Fsp3) is 0.333. The standard InChI is InChI=1S/C12H15NO/c13-11-4-1-10(8-11)7-9-2-5-12(14)6-3-9/h2-3,5-6,8,11,14H,1,4,7,13H2. The van der Waals surface area contributed by atoms with Gasteiger partial charge in [-0.1, -0.05) is 23.8 Å². The minimum Gasteiger partial charge on any atom is -0.508 e. The zero-order valence-corrected chi connectivity index (χ0v) is 8.11. The van der Waals surface area contributed by atoms with E-state index in [0.717, 1.165) is 19.3 Å². The van der Waals surface area contributed by atoms with Crippen molar-refractivity contribution >= 4 is 0 Å². The van der Waals surface area contributed by atoms with Crippen LogP contribution in [0.2, 0.25) is 0 Å². The van der Waals surface area contributed by atoms with E-state index in [0.29, 0.717) is 5.75 Å². The number of benzene rings is 1. The molecule has 0 aromatic heterocycles. The highest BCUT2D eigenvalue weighted by Gasteiger charge is 2.11. The molecule has 2 rings (SSSR count). The summed E-state index contributed by atoms with van der Waals surface area (Å²) in [6.45, 7) is 0. The van der Waals surface area contributed by atoms with E-state index in [1.54, 1.807) is 12.1 Å². The van der Waals surface area contributed by atoms with E-state index in [1.807, 2.05) is 12.1 Å². The molecule has 1 aliphatic rings. The average Bonchev–Trinajstić information content (AvgIpc) is 2.56. The normalized spacial score (nSPS) is 20.9. The fourth-order valence-corrected chi connectivity index (χ4v) is 1.84. The van der Waals surface area contributed by atoms with Crippen LogP contribution in [-0.2, 0) is 6.42 Å². The predicted molar refractivity (Wildman–Crippen MR) is 57.1 cm³/mol. The Labute approximate surface area is 84.1 Å². The summed E-state index contributed by atoms with van der Waals surface area (Å²) in [5, 5.41) is 9.12. The fourth-order valence-electron chi connectivity index (χ4n) is 1.84. The maximum Gasteiger partial charge on any atom is 0.115 e. The Balaban J connectivity index is 2.04. The van der Waals surface area contributed by atoms with Gasteiger partial charge in [0.1, 0.15) is 5.75 Å². The molecule has 0 bridgehead atoms. The molecule has 0 amide bonds. The predicted octanol–water partition coefficient (Wildman–Crippen LogP) is 1.98. The van der Waals surface area contributed by atoms with Gasteiger partial charge in [0.25, 0.3) is 0 Å². The van der Waals surface area contributed by atoms with Crippen LogP contribution < -0.4 is 5.73 Å². The van der Waals surface area contributed by atoms with Crippen LogP contribution in [0.25, 0.3) is 0 Å². The van der Waals surface area contributed by atoms with Crippen molar-refractivity contribution in [1.82, 2.24) is 0 Å². The summed E-state index contributed by atoms with van der Waals surface area (Å²) in [6, 6.07) is 7.62. The molecule has 1 aliphatic carbocycles. The molecule has 0 saturated carbocycles. The first kappa shape index (κ1) is 9.28. The van der Waals surface area contributed by atoms with Crippen LogP contribution >= 0.6 is 0 Å². The highest BCUT2D eigenvalue weighted by Crippen LogP contribution is 2.22. The van der Waals surface area contributed by atoms with E-state index < -0.39 is 0 Å². The Morgan fingerprint density at radius 2 is 2.00 bits per heavy atom. The Morgan fingerprint density at radius 3 is 2.57 bits per heavy atom. The molecule has 14 heavy (non-hydrogen) atoms. The van der Waals surface area contributed by atoms with Gasteiger partial charge in [0.05, 0.1) is 0 Å². The lowest BCUT2D eigenvalue weighted by molar-refractivity contribution is 0.475. The van der Waals surface area contributed by atoms with Gasteiger partial charge in [-0.05, 0) is 37.0 Å². The molecule has 0 aliphatic heterocycles. The molecule has 1 atom stereocenters. The molecule has 0 fully saturated rings. The molecule has 0 heterocycles. The van der Waals surface area contributed by atoms with Crippen molar-refractivity contribution in [2.45, 2.75) is 25.3 Å². The Bertz CT molecular complexity index is 340. The number of rotatable bonds is 2. The van der Waals surface area contributed by atoms with Gasteiger partial charge in [-0.25, -0.2) is 0 Å². The summed E-state index contributed by atoms with van der Waals surface area (Å²) < 4.78 is 0. The van der Waals surface area contributed by atoms with Crippen molar-refractivity contribution in [2.24, 2.45) is 5.73 Å². The SMILES string of the molecule is NC1C=C(Cc2ccc(O)cc2)CC1. The second-order valence-corrected chi connectivity index (χ2v) is 3.87. The molecule has 2 nitrogen and oxygen atoms in total. The van der Waals surface area contributed by atoms with E-state index in [2.05, 4.69) is 6.08 Å². The van der Waals surface area contributed by atoms with E-state index in [4.69, 9.17) is 10.8 Å². The number of hydrogen-bond acceptors (Lipinski definition) is 2. The maximum absolute atomic E-state index is 9.12. The number of allylic oxidation sites excluding steroid dienone is 1. The van der Waals surface area contributed by atoms with E-state index in [1.165, 1.54) is 11.1 Å². The van der Waals surface area contributed by atoms with Crippen LogP contribution in [0.1, 0.15) is 18.4 Å². The van der Waals surface area contributed by atoms with Crippen molar-refractivity contribution in [2.75, 3.05) is 0 Å². The van der Waals surface area contributed by atoms with Crippen LogP contribution in [0.3, 0.4) is 0 Å². The largest absolute Gasteiger partial charge is 0.508 e. The van der Waals surface area contributed by atoms with Gasteiger partial charge in [0.2, 0.25) is 0 Å². The summed E-state index contributed by atoms with van der Waals surface area (Å²) in [4.78, 5) is 0. The van der Waals surface area contributed by atoms with Crippen molar-refractivity contribution in [1.29, 1.82) is 0 Å². The quantitative estimate of drug-likeness (QED) is 0.699. The van der Waals surface area contributed by atoms with Gasteiger partial charge in [-0.3, -0.25) is 0 Å². The molecule has 74 valence electrons. The number of phenolic OH excluding ortho intramolecular Hbond substituents is 1. The van der Waals surface area contributed by atoms with Gasteiger partial charge in [0.15, 0.2) is 0 Å². The van der Waals surface area contributed by atoms with Crippen LogP contribution in [0.4, 0.5) is 0 Å². The first-order valence-electron chi connectivity index (χ1n) is 4.97. The molecule has 2 heteroatoms. The van der Waals surface area contributed by atoms with Crippen molar-refractivity contribution in [3.8, 4) is 5.75 Å². The molecule has 0 spiro atoms. The minimum absolute atomic E-state index is 0.252. The van der Waals surface area contributed by atoms with E-state index in [9.17, 15) is 0 Å². The van der Waals surface area contributed by atoms with Gasteiger partial charge in [0, 0.05) is 6.04 Å². The topological polar surface area (TPSA) is 46.2 Å². The van der Waals surface area contributed by atoms with Gasteiger partial charge in [-0.15, -0.1) is 0 Å². The van der Waals surface area contributed by atoms with Crippen molar-refractivity contribution < 1.29 is 5.11 Å². The molecule has 0 radical (unpaired) electrons. The molecular formula is C12H15NO. The first-order chi connectivity index (χ1) is 6.74. The summed E-state index contributed by atoms with van der Waals surface area (Å²) in [6.07, 6.45) is 5.32. The number of hydrogen-bond donors (Lipinski definition) is 2. The Morgan fingerprint density at radius 1 is 1.29 bits per heavy atom. The minimum atomic E-state index is 0.252. The molecule has 1 unspecified atom stereocenters. The number of aromatic hydroxyl groups is 1. The second kappa shape index (κ2) is 3.84. The third kappa shape index (κ3) is 2.15. The zero-order chi connectivity index (χ0) is 9.97. The number of phenols is 1. The van der Waals surface area contributed by atoms with Crippen LogP contribution in [-0.4, -0.2) is 11.1 Å². The molecule has 1 aromatic carbocycles. The van der Waals surface area contributed by atoms with Crippen molar-refractivity contribution in [3.05, 3.63) is 41.5 Å². The molecule has 1 aromatic rings. The summed E-state index contributed by atoms with van der Waals surface area (Å²) in [5.41, 5.74) is 8.45. The molecule has 0 saturated heterocycles. The lowest BCUT2D eigenvalue weighted by Crippen LogP contribution is -2.11. The lowest BCUT2D eigenvalue weighted by Gasteiger charge is -2.01. The van der Waals surface area contributed by atoms with Crippen LogP contribution in [0.15, 0.2) is 35.9 Å². The first-order valence-corrected chi connectivity index (χ1v) is 4.97. The summed E-state index contributed by atoms with van der Waals surface area (Å²) in [7, 11) is 0. The number of nitrogens with two attached hydrogens (primary N) is 1. The maximum atomic E-state index is 9.12. The summed E-state index contributed by atoms with van der Waals surface area (Å²) >= 11 is 0. The van der Waals surface area contributed by atoms with Crippen LogP contribution in [0, 0.1) is 0 Å². The van der Waals surface area contributed by atoms with Crippen LogP contribution in [0.5, 0.6) is 5.75 Å². The van der Waals surface area contributed by atoms with E-state index >= 15 is 0 Å². The van der Waals surface area contributed by atoms with Gasteiger partial charge >= 0.3 is 0 Å². The Kier molecular flexibility index (Phi) is 2.55. The van der Waals surface area contributed by atoms with Gasteiger partial charge < -0.3 is 10.8 Å². The Hall–Kier alpha value is -1.28. The molecule has 3 N–H and O–H groups in total. The lowest BCUT2D eigenvalue weighted by atomic mass is 10.1. The highest BCUT2D eigenvalue weighted by atomic mass is 16.3. The monoisotopic (exact) mass is 189 g/mol. The highest BCUT2D eigenvalue weighted by molar-refractivity contribution is 5.30. The average molecular weight is 189 g/mol. The smallest absolute Gasteiger partial charge is 0.115 e. The second-order valence-electron chi connectivity index (χ2n) is 3.87.